The van der Waals surface area contributed by atoms with Gasteiger partial charge in [-0.05, 0) is 56.6 Å². The number of thioether (sulfide) groups is 1. The van der Waals surface area contributed by atoms with E-state index in [1.807, 2.05) is 12.1 Å². The lowest BCUT2D eigenvalue weighted by Gasteiger charge is -2.24. The average molecular weight is 508 g/mol. The van der Waals surface area contributed by atoms with Gasteiger partial charge in [-0.3, -0.25) is 4.99 Å². The first kappa shape index (κ1) is 24.5. The highest BCUT2D eigenvalue weighted by Crippen LogP contribution is 2.19. The summed E-state index contributed by atoms with van der Waals surface area (Å²) in [6.07, 6.45) is 1.24. The number of aliphatic imine (C=N–C) groups is 1. The molecule has 0 aliphatic carbocycles. The molecule has 0 saturated carbocycles. The van der Waals surface area contributed by atoms with Crippen LogP contribution >= 0.6 is 35.7 Å². The van der Waals surface area contributed by atoms with E-state index in [2.05, 4.69) is 35.9 Å². The third kappa shape index (κ3) is 8.56. The average Bonchev–Trinajstić information content (AvgIpc) is 3.12. The fourth-order valence-electron chi connectivity index (χ4n) is 3.29. The number of nitrogens with zero attached hydrogens (tertiary/aromatic N) is 3. The van der Waals surface area contributed by atoms with Crippen LogP contribution in [0.25, 0.3) is 0 Å². The molecule has 1 aromatic carbocycles. The molecule has 27 heavy (non-hydrogen) atoms. The molecule has 0 radical (unpaired) electrons. The molecule has 0 amide bonds. The van der Waals surface area contributed by atoms with Crippen LogP contribution in [0.3, 0.4) is 0 Å². The quantitative estimate of drug-likeness (QED) is 0.179. The number of hydrogen-bond donors (Lipinski definition) is 1. The summed E-state index contributed by atoms with van der Waals surface area (Å²) in [7, 11) is 0. The van der Waals surface area contributed by atoms with Crippen molar-refractivity contribution in [3.63, 3.8) is 0 Å². The first-order valence-corrected chi connectivity index (χ1v) is 10.8. The summed E-state index contributed by atoms with van der Waals surface area (Å²) in [5.74, 6) is 2.48. The summed E-state index contributed by atoms with van der Waals surface area (Å²) < 4.78 is 12.9. The normalized spacial score (nSPS) is 17.3. The molecule has 1 unspecified atom stereocenters. The summed E-state index contributed by atoms with van der Waals surface area (Å²) >= 11 is 1.72. The molecule has 1 saturated heterocycles. The van der Waals surface area contributed by atoms with E-state index in [0.717, 1.165) is 61.8 Å². The van der Waals surface area contributed by atoms with Crippen LogP contribution in [-0.4, -0.2) is 67.3 Å². The maximum Gasteiger partial charge on any atom is 0.193 e. The van der Waals surface area contributed by atoms with Gasteiger partial charge < -0.3 is 15.1 Å². The number of benzene rings is 1. The minimum atomic E-state index is -0.185. The fraction of sp³-hybridized carbons (Fsp3) is 0.650. The van der Waals surface area contributed by atoms with Crippen molar-refractivity contribution in [1.29, 1.82) is 0 Å². The van der Waals surface area contributed by atoms with Crippen LogP contribution < -0.4 is 5.32 Å². The molecule has 1 fully saturated rings. The molecule has 4 nitrogen and oxygen atoms in total. The zero-order valence-corrected chi connectivity index (χ0v) is 19.9. The highest BCUT2D eigenvalue weighted by molar-refractivity contribution is 14.0. The van der Waals surface area contributed by atoms with E-state index < -0.39 is 0 Å². The van der Waals surface area contributed by atoms with Crippen molar-refractivity contribution in [2.75, 3.05) is 51.6 Å². The molecule has 1 N–H and O–H groups in total. The second-order valence-electron chi connectivity index (χ2n) is 6.62. The van der Waals surface area contributed by atoms with Crippen molar-refractivity contribution in [3.8, 4) is 0 Å². The third-order valence-electron chi connectivity index (χ3n) is 4.77. The van der Waals surface area contributed by atoms with Crippen LogP contribution in [0, 0.1) is 11.7 Å². The Labute approximate surface area is 185 Å². The van der Waals surface area contributed by atoms with Crippen molar-refractivity contribution >= 4 is 41.7 Å². The molecule has 1 aromatic rings. The zero-order chi connectivity index (χ0) is 18.8. The lowest BCUT2D eigenvalue weighted by molar-refractivity contribution is 0.255. The monoisotopic (exact) mass is 508 g/mol. The summed E-state index contributed by atoms with van der Waals surface area (Å²) in [5, 5.41) is 3.44. The Balaban J connectivity index is 0.00000364. The first-order valence-electron chi connectivity index (χ1n) is 9.80. The highest BCUT2D eigenvalue weighted by atomic mass is 127. The Bertz CT molecular complexity index is 551. The van der Waals surface area contributed by atoms with Crippen LogP contribution in [0.5, 0.6) is 0 Å². The molecule has 0 spiro atoms. The van der Waals surface area contributed by atoms with E-state index in [1.54, 1.807) is 11.8 Å². The molecular formula is C20H34FIN4S. The number of nitrogens with one attached hydrogen (secondary N) is 1. The first-order chi connectivity index (χ1) is 12.7. The van der Waals surface area contributed by atoms with Crippen LogP contribution in [0.15, 0.2) is 34.2 Å². The van der Waals surface area contributed by atoms with E-state index in [0.29, 0.717) is 0 Å². The van der Waals surface area contributed by atoms with Gasteiger partial charge in [0.05, 0.1) is 6.54 Å². The van der Waals surface area contributed by atoms with E-state index in [-0.39, 0.29) is 29.8 Å². The van der Waals surface area contributed by atoms with E-state index in [4.69, 9.17) is 4.99 Å². The largest absolute Gasteiger partial charge is 0.357 e. The third-order valence-corrected chi connectivity index (χ3v) is 5.76. The molecular weight excluding hydrogens is 474 g/mol. The minimum Gasteiger partial charge on any atom is -0.357 e. The molecule has 0 aromatic heterocycles. The zero-order valence-electron chi connectivity index (χ0n) is 16.8. The Hall–Kier alpha value is -0.540. The maximum atomic E-state index is 12.9. The summed E-state index contributed by atoms with van der Waals surface area (Å²) in [6, 6.07) is 6.67. The number of likely N-dealkylation sites (tertiary alicyclic amines) is 1. The Morgan fingerprint density at radius 3 is 2.59 bits per heavy atom. The van der Waals surface area contributed by atoms with E-state index in [1.165, 1.54) is 25.1 Å². The van der Waals surface area contributed by atoms with Crippen molar-refractivity contribution in [2.45, 2.75) is 32.1 Å². The predicted molar refractivity (Wildman–Crippen MR) is 126 cm³/mol. The molecule has 1 aliphatic heterocycles. The van der Waals surface area contributed by atoms with Gasteiger partial charge in [0, 0.05) is 36.8 Å². The number of guanidine groups is 1. The minimum absolute atomic E-state index is 0. The molecule has 154 valence electrons. The Morgan fingerprint density at radius 2 is 1.96 bits per heavy atom. The van der Waals surface area contributed by atoms with Crippen molar-refractivity contribution in [3.05, 3.63) is 30.1 Å². The molecule has 7 heteroatoms. The van der Waals surface area contributed by atoms with Crippen molar-refractivity contribution in [1.82, 2.24) is 15.1 Å². The number of halogens is 2. The number of rotatable bonds is 9. The van der Waals surface area contributed by atoms with Crippen molar-refractivity contribution in [2.24, 2.45) is 10.9 Å². The van der Waals surface area contributed by atoms with Gasteiger partial charge in [-0.1, -0.05) is 13.8 Å². The van der Waals surface area contributed by atoms with Gasteiger partial charge in [-0.25, -0.2) is 4.39 Å². The van der Waals surface area contributed by atoms with Crippen LogP contribution in [-0.2, 0) is 0 Å². The summed E-state index contributed by atoms with van der Waals surface area (Å²) in [4.78, 5) is 10.8. The smallest absolute Gasteiger partial charge is 0.193 e. The maximum absolute atomic E-state index is 12.9. The van der Waals surface area contributed by atoms with Crippen LogP contribution in [0.4, 0.5) is 4.39 Å². The second kappa shape index (κ2) is 13.6. The van der Waals surface area contributed by atoms with Gasteiger partial charge in [0.2, 0.25) is 0 Å². The molecule has 2 rings (SSSR count). The SMILES string of the molecule is CCNC(=NCCSc1ccc(F)cc1)N1CCC(CN(CC)CC)C1.I. The lowest BCUT2D eigenvalue weighted by Crippen LogP contribution is -2.41. The van der Waals surface area contributed by atoms with E-state index >= 15 is 0 Å². The molecule has 1 aliphatic rings. The van der Waals surface area contributed by atoms with Crippen LogP contribution in [0.2, 0.25) is 0 Å². The highest BCUT2D eigenvalue weighted by Gasteiger charge is 2.25. The van der Waals surface area contributed by atoms with Gasteiger partial charge in [-0.15, -0.1) is 35.7 Å². The van der Waals surface area contributed by atoms with Crippen LogP contribution in [0.1, 0.15) is 27.2 Å². The topological polar surface area (TPSA) is 30.9 Å². The lowest BCUT2D eigenvalue weighted by atomic mass is 10.1. The molecule has 1 heterocycles. The van der Waals surface area contributed by atoms with Gasteiger partial charge in [-0.2, -0.15) is 0 Å². The van der Waals surface area contributed by atoms with Gasteiger partial charge in [0.15, 0.2) is 5.96 Å². The molecule has 0 bridgehead atoms. The summed E-state index contributed by atoms with van der Waals surface area (Å²) in [6.45, 7) is 13.9. The predicted octanol–water partition coefficient (Wildman–Crippen LogP) is 4.17. The van der Waals surface area contributed by atoms with Gasteiger partial charge in [0.25, 0.3) is 0 Å². The van der Waals surface area contributed by atoms with E-state index in [9.17, 15) is 4.39 Å². The van der Waals surface area contributed by atoms with Crippen molar-refractivity contribution < 1.29 is 4.39 Å². The second-order valence-corrected chi connectivity index (χ2v) is 7.79. The van der Waals surface area contributed by atoms with Gasteiger partial charge >= 0.3 is 0 Å². The standard InChI is InChI=1S/C20H33FN4S.HI/c1-4-22-20(23-12-14-26-19-9-7-18(21)8-10-19)25-13-11-17(16-25)15-24(5-2)6-3;/h7-10,17H,4-6,11-16H2,1-3H3,(H,22,23);1H. The Morgan fingerprint density at radius 1 is 1.26 bits per heavy atom. The summed E-state index contributed by atoms with van der Waals surface area (Å²) in [5.41, 5.74) is 0. The fourth-order valence-corrected chi connectivity index (χ4v) is 4.04. The number of hydrogen-bond acceptors (Lipinski definition) is 3. The Kier molecular flexibility index (Phi) is 12.3. The molecule has 1 atom stereocenters. The van der Waals surface area contributed by atoms with Gasteiger partial charge in [0.1, 0.15) is 5.82 Å².